The Morgan fingerprint density at radius 3 is 2.57 bits per heavy atom. The van der Waals surface area contributed by atoms with Gasteiger partial charge in [0.25, 0.3) is 0 Å². The van der Waals surface area contributed by atoms with Crippen LogP contribution in [0.5, 0.6) is 0 Å². The fourth-order valence-electron chi connectivity index (χ4n) is 4.25. The van der Waals surface area contributed by atoms with Crippen LogP contribution in [0.25, 0.3) is 0 Å². The third-order valence-corrected chi connectivity index (χ3v) is 5.82. The van der Waals surface area contributed by atoms with Gasteiger partial charge in [-0.05, 0) is 68.8 Å². The van der Waals surface area contributed by atoms with E-state index in [1.165, 1.54) is 18.4 Å². The molecule has 0 spiro atoms. The number of aliphatic hydroxyl groups is 1. The van der Waals surface area contributed by atoms with Crippen molar-refractivity contribution >= 4 is 0 Å². The Balaban J connectivity index is 2.31. The van der Waals surface area contributed by atoms with Crippen molar-refractivity contribution < 1.29 is 5.11 Å². The Labute approximate surface area is 130 Å². The zero-order valence-corrected chi connectivity index (χ0v) is 14.4. The monoisotopic (exact) mass is 288 g/mol. The van der Waals surface area contributed by atoms with Gasteiger partial charge in [-0.1, -0.05) is 50.1 Å². The van der Waals surface area contributed by atoms with Crippen LogP contribution in [0, 0.1) is 17.3 Å². The molecular weight excluding hydrogens is 256 g/mol. The van der Waals surface area contributed by atoms with Gasteiger partial charge in [-0.15, -0.1) is 0 Å². The molecule has 0 aromatic carbocycles. The maximum Gasteiger partial charge on any atom is 0.0784 e. The molecule has 2 rings (SSSR count). The van der Waals surface area contributed by atoms with Gasteiger partial charge in [-0.3, -0.25) is 0 Å². The van der Waals surface area contributed by atoms with Crippen LogP contribution in [0.1, 0.15) is 66.7 Å². The first kappa shape index (κ1) is 16.5. The number of allylic oxidation sites excluding steroid dienone is 4. The fourth-order valence-corrected chi connectivity index (χ4v) is 4.25. The van der Waals surface area contributed by atoms with Crippen LogP contribution in [-0.2, 0) is 0 Å². The summed E-state index contributed by atoms with van der Waals surface area (Å²) in [5, 5.41) is 10.3. The summed E-state index contributed by atoms with van der Waals surface area (Å²) >= 11 is 0. The fraction of sp³-hybridized carbons (Fsp3) is 0.700. The Morgan fingerprint density at radius 2 is 1.90 bits per heavy atom. The van der Waals surface area contributed by atoms with Crippen molar-refractivity contribution in [2.24, 2.45) is 17.3 Å². The molecule has 3 atom stereocenters. The third-order valence-electron chi connectivity index (χ3n) is 5.82. The molecule has 0 bridgehead atoms. The second-order valence-corrected chi connectivity index (χ2v) is 7.69. The van der Waals surface area contributed by atoms with E-state index in [2.05, 4.69) is 52.8 Å². The molecule has 0 fully saturated rings. The van der Waals surface area contributed by atoms with Crippen molar-refractivity contribution in [3.63, 3.8) is 0 Å². The topological polar surface area (TPSA) is 20.2 Å². The maximum absolute atomic E-state index is 10.3. The highest BCUT2D eigenvalue weighted by atomic mass is 16.3. The normalized spacial score (nSPS) is 39.7. The molecule has 2 aliphatic carbocycles. The highest BCUT2D eigenvalue weighted by molar-refractivity contribution is 5.27. The predicted octanol–water partition coefficient (Wildman–Crippen LogP) is 5.42. The van der Waals surface area contributed by atoms with Crippen LogP contribution < -0.4 is 0 Å². The SMILES string of the molecule is C/C1=C\CC[C@]2(C)C(=CC[C@H]2C(C)C)C/C=C(\C)[C@H](O)C1. The Bertz CT molecular complexity index is 466. The highest BCUT2D eigenvalue weighted by Gasteiger charge is 2.41. The standard InChI is InChI=1S/C20H32O/c1-14(2)18-11-10-17-9-8-16(4)19(21)13-15(3)7-6-12-20(17,18)5/h7-8,10,14,18-19,21H,6,9,11-13H2,1-5H3/b15-7+,16-8+/t18-,19+,20+/m0/s1. The number of aliphatic hydroxyl groups excluding tert-OH is 1. The molecule has 1 heteroatoms. The van der Waals surface area contributed by atoms with E-state index in [1.807, 2.05) is 0 Å². The van der Waals surface area contributed by atoms with Gasteiger partial charge in [0.05, 0.1) is 6.10 Å². The predicted molar refractivity (Wildman–Crippen MR) is 91.1 cm³/mol. The van der Waals surface area contributed by atoms with E-state index < -0.39 is 0 Å². The lowest BCUT2D eigenvalue weighted by Gasteiger charge is -2.37. The molecule has 1 N–H and O–H groups in total. The molecule has 0 aliphatic heterocycles. The lowest BCUT2D eigenvalue weighted by molar-refractivity contribution is 0.184. The number of rotatable bonds is 1. The van der Waals surface area contributed by atoms with Crippen LogP contribution in [0.3, 0.4) is 0 Å². The van der Waals surface area contributed by atoms with E-state index in [0.29, 0.717) is 5.41 Å². The van der Waals surface area contributed by atoms with E-state index in [9.17, 15) is 5.11 Å². The van der Waals surface area contributed by atoms with Crippen molar-refractivity contribution in [3.8, 4) is 0 Å². The summed E-state index contributed by atoms with van der Waals surface area (Å²) in [6, 6.07) is 0. The van der Waals surface area contributed by atoms with Crippen molar-refractivity contribution in [2.75, 3.05) is 0 Å². The van der Waals surface area contributed by atoms with Crippen molar-refractivity contribution in [3.05, 3.63) is 34.9 Å². The van der Waals surface area contributed by atoms with E-state index >= 15 is 0 Å². The molecular formula is C20H32O. The summed E-state index contributed by atoms with van der Waals surface area (Å²) in [6.07, 6.45) is 12.2. The molecule has 0 saturated carbocycles. The molecule has 0 radical (unpaired) electrons. The number of hydrogen-bond donors (Lipinski definition) is 1. The van der Waals surface area contributed by atoms with Gasteiger partial charge < -0.3 is 5.11 Å². The highest BCUT2D eigenvalue weighted by Crippen LogP contribution is 2.51. The summed E-state index contributed by atoms with van der Waals surface area (Å²) in [5.41, 5.74) is 4.38. The largest absolute Gasteiger partial charge is 0.388 e. The summed E-state index contributed by atoms with van der Waals surface area (Å²) in [6.45, 7) is 11.4. The van der Waals surface area contributed by atoms with Gasteiger partial charge in [0, 0.05) is 0 Å². The minimum Gasteiger partial charge on any atom is -0.388 e. The molecule has 0 aromatic rings. The van der Waals surface area contributed by atoms with Gasteiger partial charge in [0.15, 0.2) is 0 Å². The van der Waals surface area contributed by atoms with Gasteiger partial charge in [-0.25, -0.2) is 0 Å². The molecule has 0 aromatic heterocycles. The van der Waals surface area contributed by atoms with E-state index in [4.69, 9.17) is 0 Å². The van der Waals surface area contributed by atoms with Gasteiger partial charge in [0.2, 0.25) is 0 Å². The lowest BCUT2D eigenvalue weighted by Crippen LogP contribution is -2.29. The molecule has 118 valence electrons. The molecule has 0 heterocycles. The summed E-state index contributed by atoms with van der Waals surface area (Å²) < 4.78 is 0. The molecule has 1 nitrogen and oxygen atoms in total. The summed E-state index contributed by atoms with van der Waals surface area (Å²) in [5.74, 6) is 1.50. The minimum atomic E-state index is -0.312. The third kappa shape index (κ3) is 3.51. The van der Waals surface area contributed by atoms with E-state index in [1.54, 1.807) is 5.57 Å². The van der Waals surface area contributed by atoms with Gasteiger partial charge >= 0.3 is 0 Å². The first-order valence-electron chi connectivity index (χ1n) is 8.54. The zero-order chi connectivity index (χ0) is 15.6. The van der Waals surface area contributed by atoms with E-state index in [0.717, 1.165) is 36.7 Å². The Morgan fingerprint density at radius 1 is 1.19 bits per heavy atom. The number of fused-ring (bicyclic) bond motifs is 1. The van der Waals surface area contributed by atoms with Crippen molar-refractivity contribution in [1.82, 2.24) is 0 Å². The summed E-state index contributed by atoms with van der Waals surface area (Å²) in [4.78, 5) is 0. The minimum absolute atomic E-state index is 0.312. The second-order valence-electron chi connectivity index (χ2n) is 7.69. The maximum atomic E-state index is 10.3. The molecule has 0 amide bonds. The van der Waals surface area contributed by atoms with Crippen LogP contribution in [0.2, 0.25) is 0 Å². The first-order valence-corrected chi connectivity index (χ1v) is 8.54. The van der Waals surface area contributed by atoms with Crippen molar-refractivity contribution in [2.45, 2.75) is 72.8 Å². The Kier molecular flexibility index (Phi) is 5.14. The average Bonchev–Trinajstić information content (AvgIpc) is 2.71. The molecule has 0 unspecified atom stereocenters. The molecule has 2 aliphatic rings. The smallest absolute Gasteiger partial charge is 0.0784 e. The first-order chi connectivity index (χ1) is 9.84. The molecule has 21 heavy (non-hydrogen) atoms. The van der Waals surface area contributed by atoms with Crippen LogP contribution in [-0.4, -0.2) is 11.2 Å². The van der Waals surface area contributed by atoms with Crippen LogP contribution >= 0.6 is 0 Å². The van der Waals surface area contributed by atoms with Crippen LogP contribution in [0.15, 0.2) is 34.9 Å². The zero-order valence-electron chi connectivity index (χ0n) is 14.4. The number of hydrogen-bond acceptors (Lipinski definition) is 1. The molecule has 0 saturated heterocycles. The second kappa shape index (κ2) is 6.52. The van der Waals surface area contributed by atoms with E-state index in [-0.39, 0.29) is 6.10 Å². The average molecular weight is 288 g/mol. The lowest BCUT2D eigenvalue weighted by atomic mass is 9.67. The van der Waals surface area contributed by atoms with Gasteiger partial charge in [0.1, 0.15) is 0 Å². The van der Waals surface area contributed by atoms with Crippen molar-refractivity contribution in [1.29, 1.82) is 0 Å². The van der Waals surface area contributed by atoms with Gasteiger partial charge in [-0.2, -0.15) is 0 Å². The summed E-state index contributed by atoms with van der Waals surface area (Å²) in [7, 11) is 0. The van der Waals surface area contributed by atoms with Crippen LogP contribution in [0.4, 0.5) is 0 Å². The quantitative estimate of drug-likeness (QED) is 0.638. The Hall–Kier alpha value is -0.820.